The van der Waals surface area contributed by atoms with E-state index >= 15 is 0 Å². The summed E-state index contributed by atoms with van der Waals surface area (Å²) in [5.74, 6) is -0.414. The molecule has 6 heteroatoms. The summed E-state index contributed by atoms with van der Waals surface area (Å²) in [5, 5.41) is 2.82. The number of nitrogen functional groups attached to an aromatic ring is 1. The zero-order chi connectivity index (χ0) is 15.0. The number of hydrogen-bond acceptors (Lipinski definition) is 4. The Kier molecular flexibility index (Phi) is 6.36. The summed E-state index contributed by atoms with van der Waals surface area (Å²) in [7, 11) is 0. The van der Waals surface area contributed by atoms with Gasteiger partial charge in [-0.05, 0) is 24.6 Å². The smallest absolute Gasteiger partial charge is 0.255 e. The van der Waals surface area contributed by atoms with Crippen molar-refractivity contribution in [2.45, 2.75) is 26.2 Å². The lowest BCUT2D eigenvalue weighted by molar-refractivity contribution is -0.119. The summed E-state index contributed by atoms with van der Waals surface area (Å²) in [6.07, 6.45) is 3.15. The molecule has 6 nitrogen and oxygen atoms in total. The number of nitrogens with two attached hydrogens (primary N) is 2. The molecule has 0 atom stereocenters. The van der Waals surface area contributed by atoms with Crippen LogP contribution in [0.3, 0.4) is 0 Å². The van der Waals surface area contributed by atoms with Gasteiger partial charge in [0, 0.05) is 12.1 Å². The summed E-state index contributed by atoms with van der Waals surface area (Å²) < 4.78 is 5.11. The quantitative estimate of drug-likeness (QED) is 0.488. The number of rotatable bonds is 8. The summed E-state index contributed by atoms with van der Waals surface area (Å²) in [5.41, 5.74) is 11.5. The zero-order valence-corrected chi connectivity index (χ0v) is 11.6. The molecule has 5 N–H and O–H groups in total. The second-order valence-corrected chi connectivity index (χ2v) is 4.47. The second-order valence-electron chi connectivity index (χ2n) is 4.47. The van der Waals surface area contributed by atoms with Gasteiger partial charge in [0.2, 0.25) is 0 Å². The van der Waals surface area contributed by atoms with E-state index in [9.17, 15) is 9.59 Å². The van der Waals surface area contributed by atoms with Crippen LogP contribution in [0.25, 0.3) is 0 Å². The van der Waals surface area contributed by atoms with Gasteiger partial charge in [0.05, 0.1) is 5.69 Å². The molecular formula is C14H21N3O3. The first-order valence-electron chi connectivity index (χ1n) is 6.63. The highest BCUT2D eigenvalue weighted by Crippen LogP contribution is 2.22. The van der Waals surface area contributed by atoms with Crippen LogP contribution >= 0.6 is 0 Å². The van der Waals surface area contributed by atoms with Crippen molar-refractivity contribution in [1.82, 2.24) is 5.32 Å². The van der Waals surface area contributed by atoms with Crippen LogP contribution in [0.15, 0.2) is 18.2 Å². The summed E-state index contributed by atoms with van der Waals surface area (Å²) in [6.45, 7) is 2.51. The summed E-state index contributed by atoms with van der Waals surface area (Å²) >= 11 is 0. The highest BCUT2D eigenvalue weighted by Gasteiger charge is 2.09. The molecule has 2 amide bonds. The minimum Gasteiger partial charge on any atom is -0.482 e. The van der Waals surface area contributed by atoms with Crippen LogP contribution in [0.1, 0.15) is 36.5 Å². The third-order valence-corrected chi connectivity index (χ3v) is 2.71. The number of anilines is 1. The van der Waals surface area contributed by atoms with Gasteiger partial charge >= 0.3 is 0 Å². The minimum atomic E-state index is -0.581. The van der Waals surface area contributed by atoms with Gasteiger partial charge < -0.3 is 21.5 Å². The number of carbonyl (C=O) groups is 2. The van der Waals surface area contributed by atoms with E-state index in [1.165, 1.54) is 6.07 Å². The molecule has 0 aliphatic carbocycles. The third-order valence-electron chi connectivity index (χ3n) is 2.71. The van der Waals surface area contributed by atoms with E-state index in [1.807, 2.05) is 0 Å². The van der Waals surface area contributed by atoms with Crippen LogP contribution in [0, 0.1) is 0 Å². The first-order chi connectivity index (χ1) is 9.54. The lowest BCUT2D eigenvalue weighted by Gasteiger charge is -2.09. The molecule has 0 bridgehead atoms. The van der Waals surface area contributed by atoms with E-state index in [4.69, 9.17) is 16.2 Å². The van der Waals surface area contributed by atoms with Gasteiger partial charge in [0.1, 0.15) is 5.75 Å². The number of carbonyl (C=O) groups excluding carboxylic acids is 2. The van der Waals surface area contributed by atoms with Crippen molar-refractivity contribution >= 4 is 17.5 Å². The Labute approximate surface area is 118 Å². The van der Waals surface area contributed by atoms with Gasteiger partial charge in [0.25, 0.3) is 11.8 Å². The molecule has 20 heavy (non-hydrogen) atoms. The van der Waals surface area contributed by atoms with Gasteiger partial charge in [-0.2, -0.15) is 0 Å². The van der Waals surface area contributed by atoms with Crippen LogP contribution in [0.5, 0.6) is 5.75 Å². The number of amides is 2. The van der Waals surface area contributed by atoms with Crippen LogP contribution in [0.2, 0.25) is 0 Å². The van der Waals surface area contributed by atoms with Gasteiger partial charge in [-0.1, -0.05) is 19.8 Å². The maximum Gasteiger partial charge on any atom is 0.255 e. The summed E-state index contributed by atoms with van der Waals surface area (Å²) in [4.78, 5) is 22.5. The van der Waals surface area contributed by atoms with E-state index in [0.717, 1.165) is 19.3 Å². The number of unbranched alkanes of at least 4 members (excludes halogenated alkanes) is 2. The van der Waals surface area contributed by atoms with Gasteiger partial charge in [-0.25, -0.2) is 0 Å². The normalized spacial score (nSPS) is 10.1. The average Bonchev–Trinajstić information content (AvgIpc) is 2.41. The molecule has 0 aliphatic heterocycles. The molecule has 1 rings (SSSR count). The fraction of sp³-hybridized carbons (Fsp3) is 0.429. The Morgan fingerprint density at radius 3 is 2.65 bits per heavy atom. The molecule has 0 unspecified atom stereocenters. The number of benzene rings is 1. The largest absolute Gasteiger partial charge is 0.482 e. The lowest BCUT2D eigenvalue weighted by atomic mass is 10.1. The minimum absolute atomic E-state index is 0.172. The fourth-order valence-corrected chi connectivity index (χ4v) is 1.65. The molecule has 1 aromatic rings. The number of primary amides is 1. The van der Waals surface area contributed by atoms with E-state index in [0.29, 0.717) is 23.5 Å². The Bertz CT molecular complexity index is 475. The zero-order valence-electron chi connectivity index (χ0n) is 11.6. The highest BCUT2D eigenvalue weighted by atomic mass is 16.5. The maximum absolute atomic E-state index is 11.9. The molecular weight excluding hydrogens is 258 g/mol. The molecule has 0 aromatic heterocycles. The first kappa shape index (κ1) is 15.8. The van der Waals surface area contributed by atoms with Gasteiger partial charge in [-0.15, -0.1) is 0 Å². The molecule has 0 heterocycles. The Morgan fingerprint density at radius 1 is 1.30 bits per heavy atom. The molecule has 0 aliphatic rings. The molecule has 1 aromatic carbocycles. The maximum atomic E-state index is 11.9. The monoisotopic (exact) mass is 279 g/mol. The Hall–Kier alpha value is -2.24. The van der Waals surface area contributed by atoms with E-state index < -0.39 is 5.91 Å². The molecule has 0 saturated heterocycles. The van der Waals surface area contributed by atoms with Crippen LogP contribution in [-0.2, 0) is 4.79 Å². The van der Waals surface area contributed by atoms with Crippen molar-refractivity contribution < 1.29 is 14.3 Å². The van der Waals surface area contributed by atoms with E-state index in [2.05, 4.69) is 12.2 Å². The van der Waals surface area contributed by atoms with Crippen molar-refractivity contribution in [2.24, 2.45) is 5.73 Å². The lowest BCUT2D eigenvalue weighted by Crippen LogP contribution is -2.24. The topological polar surface area (TPSA) is 107 Å². The second kappa shape index (κ2) is 8.04. The Morgan fingerprint density at radius 2 is 2.05 bits per heavy atom. The molecule has 0 fully saturated rings. The van der Waals surface area contributed by atoms with E-state index in [1.54, 1.807) is 12.1 Å². The van der Waals surface area contributed by atoms with Crippen molar-refractivity contribution in [1.29, 1.82) is 0 Å². The van der Waals surface area contributed by atoms with Crippen molar-refractivity contribution in [3.63, 3.8) is 0 Å². The molecule has 110 valence electrons. The van der Waals surface area contributed by atoms with Gasteiger partial charge in [-0.3, -0.25) is 9.59 Å². The SMILES string of the molecule is CCCCCNC(=O)c1ccc(OCC(N)=O)c(N)c1. The average molecular weight is 279 g/mol. The predicted octanol–water partition coefficient (Wildman–Crippen LogP) is 1.05. The standard InChI is InChI=1S/C14H21N3O3/c1-2-3-4-7-17-14(19)10-5-6-12(11(15)8-10)20-9-13(16)18/h5-6,8H,2-4,7,9,15H2,1H3,(H2,16,18)(H,17,19). The molecule has 0 spiro atoms. The molecule has 0 saturated carbocycles. The van der Waals surface area contributed by atoms with Crippen LogP contribution < -0.4 is 21.5 Å². The Balaban J connectivity index is 2.57. The number of hydrogen-bond donors (Lipinski definition) is 3. The van der Waals surface area contributed by atoms with E-state index in [-0.39, 0.29) is 12.5 Å². The number of ether oxygens (including phenoxy) is 1. The predicted molar refractivity (Wildman–Crippen MR) is 77.4 cm³/mol. The molecule has 0 radical (unpaired) electrons. The highest BCUT2D eigenvalue weighted by molar-refractivity contribution is 5.95. The summed E-state index contributed by atoms with van der Waals surface area (Å²) in [6, 6.07) is 4.67. The first-order valence-corrected chi connectivity index (χ1v) is 6.63. The fourth-order valence-electron chi connectivity index (χ4n) is 1.65. The third kappa shape index (κ3) is 5.17. The van der Waals surface area contributed by atoms with Gasteiger partial charge in [0.15, 0.2) is 6.61 Å². The van der Waals surface area contributed by atoms with Crippen LogP contribution in [-0.4, -0.2) is 25.0 Å². The van der Waals surface area contributed by atoms with Crippen molar-refractivity contribution in [3.8, 4) is 5.75 Å². The van der Waals surface area contributed by atoms with Crippen LogP contribution in [0.4, 0.5) is 5.69 Å². The number of nitrogens with one attached hydrogen (secondary N) is 1. The van der Waals surface area contributed by atoms with Crippen molar-refractivity contribution in [2.75, 3.05) is 18.9 Å². The van der Waals surface area contributed by atoms with Crippen molar-refractivity contribution in [3.05, 3.63) is 23.8 Å².